The van der Waals surface area contributed by atoms with E-state index in [-0.39, 0.29) is 52.2 Å². The highest BCUT2D eigenvalue weighted by Crippen LogP contribution is 2.50. The minimum Gasteiger partial charge on any atom is -0.462 e. The second-order valence-electron chi connectivity index (χ2n) is 18.7. The van der Waals surface area contributed by atoms with Gasteiger partial charge in [0.05, 0.1) is 18.3 Å². The monoisotopic (exact) mass is 676 g/mol. The lowest BCUT2D eigenvalue weighted by Gasteiger charge is -2.54. The molecule has 0 N–H and O–H groups in total. The number of hydrogen-bond donors (Lipinski definition) is 0. The molecule has 4 rings (SSSR count). The van der Waals surface area contributed by atoms with E-state index in [1.807, 2.05) is 0 Å². The lowest BCUT2D eigenvalue weighted by Crippen LogP contribution is -2.63. The molecule has 278 valence electrons. The second-order valence-corrected chi connectivity index (χ2v) is 18.7. The summed E-state index contributed by atoms with van der Waals surface area (Å²) in [5.74, 6) is -0.129. The Hall–Kier alpha value is -1.18. The highest BCUT2D eigenvalue weighted by molar-refractivity contribution is 5.69. The molecule has 1 saturated heterocycles. The Morgan fingerprint density at radius 2 is 0.917 bits per heavy atom. The van der Waals surface area contributed by atoms with Gasteiger partial charge in [-0.2, -0.15) is 5.06 Å². The van der Waals surface area contributed by atoms with E-state index in [4.69, 9.17) is 19.0 Å². The lowest BCUT2D eigenvalue weighted by atomic mass is 9.61. The van der Waals surface area contributed by atoms with Crippen LogP contribution in [0.15, 0.2) is 0 Å². The molecule has 0 spiro atoms. The SMILES string of the molecule is CC1(C)CC(OC(=O)CCCCCCCCC(=O)OC2CC(C)(C)N(OC3CCCCC3)C(C)(C)C2)CC(C)(C)C1OC1CCCCC1. The van der Waals surface area contributed by atoms with Crippen molar-refractivity contribution in [3.63, 3.8) is 0 Å². The number of unbranched alkanes of at least 4 members (excludes halogenated alkanes) is 5. The van der Waals surface area contributed by atoms with Crippen LogP contribution in [-0.2, 0) is 28.6 Å². The molecule has 4 fully saturated rings. The molecule has 7 heteroatoms. The van der Waals surface area contributed by atoms with Gasteiger partial charge < -0.3 is 14.2 Å². The topological polar surface area (TPSA) is 74.3 Å². The Morgan fingerprint density at radius 1 is 0.521 bits per heavy atom. The van der Waals surface area contributed by atoms with Gasteiger partial charge in [-0.3, -0.25) is 14.4 Å². The van der Waals surface area contributed by atoms with Gasteiger partial charge in [0.15, 0.2) is 0 Å². The molecule has 0 amide bonds. The fourth-order valence-electron chi connectivity index (χ4n) is 9.96. The molecule has 0 bridgehead atoms. The summed E-state index contributed by atoms with van der Waals surface area (Å²) in [7, 11) is 0. The Bertz CT molecular complexity index is 892. The van der Waals surface area contributed by atoms with Crippen molar-refractivity contribution in [3.05, 3.63) is 0 Å². The Kier molecular flexibility index (Phi) is 14.3. The van der Waals surface area contributed by atoms with E-state index in [0.717, 1.165) is 77.0 Å². The van der Waals surface area contributed by atoms with Crippen molar-refractivity contribution in [2.24, 2.45) is 10.8 Å². The molecule has 0 aromatic carbocycles. The van der Waals surface area contributed by atoms with Crippen LogP contribution in [0.4, 0.5) is 0 Å². The normalized spacial score (nSPS) is 28.2. The summed E-state index contributed by atoms with van der Waals surface area (Å²) in [5.41, 5.74) is -0.423. The van der Waals surface area contributed by atoms with Crippen LogP contribution >= 0.6 is 0 Å². The first-order chi connectivity index (χ1) is 22.6. The molecule has 4 aliphatic rings. The average Bonchev–Trinajstić information content (AvgIpc) is 2.98. The molecule has 0 aromatic rings. The Balaban J connectivity index is 1.06. The van der Waals surface area contributed by atoms with Gasteiger partial charge in [-0.15, -0.1) is 0 Å². The van der Waals surface area contributed by atoms with Crippen LogP contribution in [0.25, 0.3) is 0 Å². The number of piperidine rings is 1. The van der Waals surface area contributed by atoms with Gasteiger partial charge in [0, 0.05) is 36.8 Å². The second kappa shape index (κ2) is 17.4. The van der Waals surface area contributed by atoms with Crippen LogP contribution in [0.5, 0.6) is 0 Å². The highest BCUT2D eigenvalue weighted by atomic mass is 16.7. The molecule has 1 aliphatic heterocycles. The number of esters is 2. The van der Waals surface area contributed by atoms with Crippen molar-refractivity contribution < 1.29 is 28.6 Å². The zero-order valence-corrected chi connectivity index (χ0v) is 32.3. The van der Waals surface area contributed by atoms with Crippen LogP contribution < -0.4 is 0 Å². The van der Waals surface area contributed by atoms with Crippen molar-refractivity contribution in [1.29, 1.82) is 0 Å². The number of carbonyl (C=O) groups excluding carboxylic acids is 2. The third-order valence-corrected chi connectivity index (χ3v) is 11.8. The molecule has 0 unspecified atom stereocenters. The van der Waals surface area contributed by atoms with Crippen LogP contribution in [0.1, 0.15) is 197 Å². The molecular formula is C41H73NO6. The Morgan fingerprint density at radius 3 is 1.38 bits per heavy atom. The third kappa shape index (κ3) is 11.7. The van der Waals surface area contributed by atoms with Crippen molar-refractivity contribution in [3.8, 4) is 0 Å². The molecule has 48 heavy (non-hydrogen) atoms. The van der Waals surface area contributed by atoms with Crippen molar-refractivity contribution in [1.82, 2.24) is 5.06 Å². The van der Waals surface area contributed by atoms with E-state index >= 15 is 0 Å². The minimum atomic E-state index is -0.188. The predicted octanol–water partition coefficient (Wildman–Crippen LogP) is 10.4. The van der Waals surface area contributed by atoms with E-state index in [0.29, 0.717) is 25.0 Å². The van der Waals surface area contributed by atoms with Crippen LogP contribution in [0.3, 0.4) is 0 Å². The molecular weight excluding hydrogens is 602 g/mol. The summed E-state index contributed by atoms with van der Waals surface area (Å²) in [6.07, 6.45) is 23.3. The van der Waals surface area contributed by atoms with E-state index in [1.165, 1.54) is 51.4 Å². The van der Waals surface area contributed by atoms with Gasteiger partial charge in [-0.05, 0) is 89.9 Å². The van der Waals surface area contributed by atoms with E-state index in [2.05, 4.69) is 60.5 Å². The fourth-order valence-corrected chi connectivity index (χ4v) is 9.96. The number of rotatable bonds is 15. The molecule has 3 saturated carbocycles. The first-order valence-corrected chi connectivity index (χ1v) is 20.1. The number of nitrogens with zero attached hydrogens (tertiary/aromatic N) is 1. The summed E-state index contributed by atoms with van der Waals surface area (Å²) in [5, 5.41) is 2.22. The summed E-state index contributed by atoms with van der Waals surface area (Å²) in [6.45, 7) is 18.0. The van der Waals surface area contributed by atoms with Gasteiger partial charge in [0.1, 0.15) is 12.2 Å². The quantitative estimate of drug-likeness (QED) is 0.126. The van der Waals surface area contributed by atoms with Gasteiger partial charge >= 0.3 is 11.9 Å². The number of hydroxylamine groups is 2. The molecule has 0 aromatic heterocycles. The van der Waals surface area contributed by atoms with Crippen LogP contribution in [-0.4, -0.2) is 58.6 Å². The maximum atomic E-state index is 12.8. The summed E-state index contributed by atoms with van der Waals surface area (Å²) < 4.78 is 18.8. The first kappa shape index (κ1) is 39.6. The molecule has 0 atom stereocenters. The van der Waals surface area contributed by atoms with Crippen LogP contribution in [0, 0.1) is 10.8 Å². The lowest BCUT2D eigenvalue weighted by molar-refractivity contribution is -0.318. The fraction of sp³-hybridized carbons (Fsp3) is 0.951. The van der Waals surface area contributed by atoms with Gasteiger partial charge in [-0.1, -0.05) is 91.9 Å². The molecule has 7 nitrogen and oxygen atoms in total. The van der Waals surface area contributed by atoms with Gasteiger partial charge in [-0.25, -0.2) is 0 Å². The number of hydrogen-bond acceptors (Lipinski definition) is 7. The van der Waals surface area contributed by atoms with Gasteiger partial charge in [0.2, 0.25) is 0 Å². The standard InChI is InChI=1S/C41H73NO6/c1-38(2)27-33(28-39(3,4)37(38)47-31-21-15-13-16-22-31)45-35(43)25-19-11-9-10-12-20-26-36(44)46-34-29-40(5,6)42(41(7,8)30-34)48-32-23-17-14-18-24-32/h31-34,37H,9-30H2,1-8H3. The van der Waals surface area contributed by atoms with Crippen molar-refractivity contribution in [2.45, 2.75) is 238 Å². The maximum absolute atomic E-state index is 12.8. The molecule has 1 heterocycles. The van der Waals surface area contributed by atoms with E-state index < -0.39 is 0 Å². The van der Waals surface area contributed by atoms with Crippen LogP contribution in [0.2, 0.25) is 0 Å². The first-order valence-electron chi connectivity index (χ1n) is 20.1. The summed E-state index contributed by atoms with van der Waals surface area (Å²) >= 11 is 0. The number of ether oxygens (including phenoxy) is 3. The zero-order chi connectivity index (χ0) is 35.0. The summed E-state index contributed by atoms with van der Waals surface area (Å²) in [6, 6.07) is 0. The third-order valence-electron chi connectivity index (χ3n) is 11.8. The molecule has 3 aliphatic carbocycles. The number of carbonyl (C=O) groups is 2. The minimum absolute atomic E-state index is 0.0234. The molecule has 0 radical (unpaired) electrons. The largest absolute Gasteiger partial charge is 0.462 e. The van der Waals surface area contributed by atoms with Crippen molar-refractivity contribution >= 4 is 11.9 Å². The summed E-state index contributed by atoms with van der Waals surface area (Å²) in [4.78, 5) is 32.1. The average molecular weight is 676 g/mol. The van der Waals surface area contributed by atoms with Gasteiger partial charge in [0.25, 0.3) is 0 Å². The smallest absolute Gasteiger partial charge is 0.306 e. The zero-order valence-electron chi connectivity index (χ0n) is 32.3. The van der Waals surface area contributed by atoms with E-state index in [1.54, 1.807) is 0 Å². The highest BCUT2D eigenvalue weighted by Gasteiger charge is 2.51. The van der Waals surface area contributed by atoms with Crippen molar-refractivity contribution in [2.75, 3.05) is 0 Å². The Labute approximate surface area is 294 Å². The predicted molar refractivity (Wildman–Crippen MR) is 192 cm³/mol. The maximum Gasteiger partial charge on any atom is 0.306 e. The van der Waals surface area contributed by atoms with E-state index in [9.17, 15) is 9.59 Å².